The number of hydrogen-bond donors (Lipinski definition) is 0. The number of ether oxygens (including phenoxy) is 2. The van der Waals surface area contributed by atoms with Gasteiger partial charge in [0.2, 0.25) is 17.1 Å². The molecule has 0 atom stereocenters. The Bertz CT molecular complexity index is 1590. The van der Waals surface area contributed by atoms with Crippen LogP contribution >= 0.6 is 0 Å². The molecule has 0 fully saturated rings. The molecule has 3 heteroatoms. The van der Waals surface area contributed by atoms with E-state index in [-0.39, 0.29) is 0 Å². The number of para-hydroxylation sites is 1. The van der Waals surface area contributed by atoms with Crippen molar-refractivity contribution in [2.75, 3.05) is 14.2 Å². The molecule has 0 unspecified atom stereocenters. The lowest BCUT2D eigenvalue weighted by molar-refractivity contribution is -0.573. The zero-order chi connectivity index (χ0) is 25.6. The van der Waals surface area contributed by atoms with Crippen molar-refractivity contribution in [2.45, 2.75) is 25.7 Å². The molecule has 0 N–H and O–H groups in total. The Morgan fingerprint density at radius 1 is 0.553 bits per heavy atom. The van der Waals surface area contributed by atoms with Crippen LogP contribution in [0.4, 0.5) is 0 Å². The second kappa shape index (κ2) is 9.18. The highest BCUT2D eigenvalue weighted by Crippen LogP contribution is 2.46. The highest BCUT2D eigenvalue weighted by atomic mass is 16.5. The van der Waals surface area contributed by atoms with Gasteiger partial charge in [-0.15, -0.1) is 0 Å². The molecule has 0 bridgehead atoms. The number of aryl methyl sites for hydroxylation is 2. The van der Waals surface area contributed by atoms with Crippen molar-refractivity contribution in [3.8, 4) is 50.8 Å². The molecule has 1 aromatic heterocycles. The molecular formula is C35H30NO2+. The van der Waals surface area contributed by atoms with Crippen molar-refractivity contribution in [3.63, 3.8) is 0 Å². The standard InChI is InChI=1S/C35H30NO2/c1-37-27-15-19-29-24(21-27)13-17-31-33(23-9-5-3-6-10-23)32-18-14-25-22-28(38-2)16-20-30(25)35(32)36(34(29)31)26-11-7-4-8-12-26/h3-12,15-16,19-22H,13-14,17-18H2,1-2H3/q+1. The van der Waals surface area contributed by atoms with Crippen LogP contribution in [-0.4, -0.2) is 14.2 Å². The van der Waals surface area contributed by atoms with Gasteiger partial charge in [-0.25, -0.2) is 0 Å². The number of benzene rings is 4. The molecule has 0 saturated heterocycles. The van der Waals surface area contributed by atoms with E-state index in [4.69, 9.17) is 9.47 Å². The van der Waals surface area contributed by atoms with E-state index in [1.807, 2.05) is 0 Å². The van der Waals surface area contributed by atoms with E-state index in [0.29, 0.717) is 0 Å². The number of fused-ring (bicyclic) bond motifs is 6. The van der Waals surface area contributed by atoms with Gasteiger partial charge in [0.25, 0.3) is 0 Å². The lowest BCUT2D eigenvalue weighted by Crippen LogP contribution is -2.41. The topological polar surface area (TPSA) is 22.3 Å². The number of rotatable bonds is 4. The fourth-order valence-corrected chi connectivity index (χ4v) is 6.43. The first kappa shape index (κ1) is 22.8. The Balaban J connectivity index is 1.66. The van der Waals surface area contributed by atoms with Crippen LogP contribution in [0.5, 0.6) is 11.5 Å². The summed E-state index contributed by atoms with van der Waals surface area (Å²) in [6, 6.07) is 35.0. The zero-order valence-electron chi connectivity index (χ0n) is 21.8. The maximum absolute atomic E-state index is 5.62. The van der Waals surface area contributed by atoms with E-state index in [0.717, 1.165) is 37.2 Å². The van der Waals surface area contributed by atoms with Gasteiger partial charge in [-0.05, 0) is 78.8 Å². The number of nitrogens with zero attached hydrogens (tertiary/aromatic N) is 1. The number of methoxy groups -OCH3 is 2. The summed E-state index contributed by atoms with van der Waals surface area (Å²) in [5.41, 5.74) is 14.6. The third-order valence-corrected chi connectivity index (χ3v) is 8.12. The summed E-state index contributed by atoms with van der Waals surface area (Å²) < 4.78 is 13.8. The van der Waals surface area contributed by atoms with Crippen LogP contribution in [0.15, 0.2) is 97.1 Å². The maximum atomic E-state index is 5.62. The molecule has 2 aliphatic carbocycles. The number of pyridine rings is 1. The predicted octanol–water partition coefficient (Wildman–Crippen LogP) is 7.18. The Morgan fingerprint density at radius 2 is 1.05 bits per heavy atom. The van der Waals surface area contributed by atoms with Crippen molar-refractivity contribution < 1.29 is 14.0 Å². The van der Waals surface area contributed by atoms with Gasteiger partial charge in [-0.3, -0.25) is 0 Å². The molecule has 38 heavy (non-hydrogen) atoms. The molecule has 186 valence electrons. The average molecular weight is 497 g/mol. The minimum absolute atomic E-state index is 0.914. The van der Waals surface area contributed by atoms with Crippen LogP contribution in [0.2, 0.25) is 0 Å². The minimum Gasteiger partial charge on any atom is -0.497 e. The normalized spacial score (nSPS) is 13.1. The second-order valence-electron chi connectivity index (χ2n) is 10.1. The molecule has 7 rings (SSSR count). The zero-order valence-corrected chi connectivity index (χ0v) is 21.8. The summed E-state index contributed by atoms with van der Waals surface area (Å²) in [7, 11) is 3.50. The summed E-state index contributed by atoms with van der Waals surface area (Å²) in [6.07, 6.45) is 3.99. The lowest BCUT2D eigenvalue weighted by atomic mass is 9.77. The van der Waals surface area contributed by atoms with Crippen LogP contribution in [0.3, 0.4) is 0 Å². The quantitative estimate of drug-likeness (QED) is 0.246. The van der Waals surface area contributed by atoms with Gasteiger partial charge >= 0.3 is 0 Å². The maximum Gasteiger partial charge on any atom is 0.223 e. The van der Waals surface area contributed by atoms with Crippen molar-refractivity contribution in [3.05, 3.63) is 119 Å². The Hall–Kier alpha value is -4.37. The van der Waals surface area contributed by atoms with Gasteiger partial charge < -0.3 is 9.47 Å². The van der Waals surface area contributed by atoms with Crippen LogP contribution in [0.25, 0.3) is 39.3 Å². The lowest BCUT2D eigenvalue weighted by Gasteiger charge is -2.28. The Labute approximate surface area is 223 Å². The monoisotopic (exact) mass is 496 g/mol. The fourth-order valence-electron chi connectivity index (χ4n) is 6.43. The van der Waals surface area contributed by atoms with Gasteiger partial charge in [0.1, 0.15) is 11.5 Å². The summed E-state index contributed by atoms with van der Waals surface area (Å²) in [6.45, 7) is 0. The predicted molar refractivity (Wildman–Crippen MR) is 152 cm³/mol. The van der Waals surface area contributed by atoms with E-state index in [2.05, 4.69) is 102 Å². The van der Waals surface area contributed by atoms with Gasteiger partial charge in [0.15, 0.2) is 0 Å². The van der Waals surface area contributed by atoms with Crippen molar-refractivity contribution in [1.29, 1.82) is 0 Å². The van der Waals surface area contributed by atoms with E-state index in [9.17, 15) is 0 Å². The van der Waals surface area contributed by atoms with Gasteiger partial charge in [0.05, 0.1) is 25.3 Å². The first-order chi connectivity index (χ1) is 18.8. The summed E-state index contributed by atoms with van der Waals surface area (Å²) in [4.78, 5) is 0. The van der Waals surface area contributed by atoms with Crippen LogP contribution in [0, 0.1) is 0 Å². The smallest absolute Gasteiger partial charge is 0.223 e. The van der Waals surface area contributed by atoms with Crippen LogP contribution in [0.1, 0.15) is 22.3 Å². The molecule has 2 aliphatic rings. The molecule has 4 aromatic carbocycles. The molecule has 5 aromatic rings. The average Bonchev–Trinajstić information content (AvgIpc) is 2.99. The molecule has 0 saturated carbocycles. The van der Waals surface area contributed by atoms with E-state index in [1.165, 1.54) is 61.6 Å². The second-order valence-corrected chi connectivity index (χ2v) is 10.1. The fraction of sp³-hybridized carbons (Fsp3) is 0.171. The molecule has 0 aliphatic heterocycles. The van der Waals surface area contributed by atoms with E-state index < -0.39 is 0 Å². The third kappa shape index (κ3) is 3.53. The number of aromatic nitrogens is 1. The molecular weight excluding hydrogens is 466 g/mol. The largest absolute Gasteiger partial charge is 0.497 e. The highest BCUT2D eigenvalue weighted by molar-refractivity contribution is 5.86. The molecule has 3 nitrogen and oxygen atoms in total. The summed E-state index contributed by atoms with van der Waals surface area (Å²) >= 11 is 0. The van der Waals surface area contributed by atoms with Crippen LogP contribution < -0.4 is 14.0 Å². The van der Waals surface area contributed by atoms with E-state index >= 15 is 0 Å². The van der Waals surface area contributed by atoms with Gasteiger partial charge in [-0.2, -0.15) is 4.57 Å². The van der Waals surface area contributed by atoms with Gasteiger partial charge in [-0.1, -0.05) is 48.5 Å². The van der Waals surface area contributed by atoms with Crippen molar-refractivity contribution in [2.24, 2.45) is 0 Å². The van der Waals surface area contributed by atoms with E-state index in [1.54, 1.807) is 14.2 Å². The van der Waals surface area contributed by atoms with Crippen molar-refractivity contribution >= 4 is 0 Å². The SMILES string of the molecule is COc1ccc2c(c1)CCc1c(-c3ccccc3)c3c([n+](-c4ccccc4)c1-2)-c1ccc(OC)cc1CC3. The molecule has 1 heterocycles. The number of hydrogen-bond acceptors (Lipinski definition) is 2. The van der Waals surface area contributed by atoms with Crippen LogP contribution in [-0.2, 0) is 25.7 Å². The molecule has 0 radical (unpaired) electrons. The van der Waals surface area contributed by atoms with Gasteiger partial charge in [0, 0.05) is 28.8 Å². The highest BCUT2D eigenvalue weighted by Gasteiger charge is 2.38. The summed E-state index contributed by atoms with van der Waals surface area (Å²) in [5, 5.41) is 0. The van der Waals surface area contributed by atoms with Crippen molar-refractivity contribution in [1.82, 2.24) is 0 Å². The first-order valence-electron chi connectivity index (χ1n) is 13.4. The third-order valence-electron chi connectivity index (χ3n) is 8.12. The minimum atomic E-state index is 0.914. The Morgan fingerprint density at radius 3 is 1.55 bits per heavy atom. The molecule has 0 amide bonds. The first-order valence-corrected chi connectivity index (χ1v) is 13.4. The molecule has 0 spiro atoms. The summed E-state index contributed by atoms with van der Waals surface area (Å²) in [5.74, 6) is 1.83. The Kier molecular flexibility index (Phi) is 5.51.